The number of Topliss-reactive ketones (excluding diaryl/α,β-unsaturated/α-hetero) is 1. The van der Waals surface area contributed by atoms with E-state index in [-0.39, 0.29) is 0 Å². The van der Waals surface area contributed by atoms with E-state index in [2.05, 4.69) is 13.8 Å². The van der Waals surface area contributed by atoms with Crippen LogP contribution in [0.25, 0.3) is 0 Å². The van der Waals surface area contributed by atoms with Gasteiger partial charge in [0.1, 0.15) is 5.78 Å². The Morgan fingerprint density at radius 1 is 1.62 bits per heavy atom. The van der Waals surface area contributed by atoms with Crippen LogP contribution < -0.4 is 0 Å². The third kappa shape index (κ3) is 3.85. The lowest BCUT2D eigenvalue weighted by Gasteiger charge is -2.01. The largest absolute Gasteiger partial charge is 0.300 e. The van der Waals surface area contributed by atoms with Crippen molar-refractivity contribution in [3.05, 3.63) is 0 Å². The molecule has 1 nitrogen and oxygen atoms in total. The van der Waals surface area contributed by atoms with Gasteiger partial charge >= 0.3 is 0 Å². The van der Waals surface area contributed by atoms with Crippen molar-refractivity contribution in [1.29, 1.82) is 0 Å². The molecule has 0 aromatic heterocycles. The van der Waals surface area contributed by atoms with Gasteiger partial charge in [0.15, 0.2) is 0 Å². The average molecular weight is 114 g/mol. The van der Waals surface area contributed by atoms with E-state index in [1.54, 1.807) is 6.92 Å². The number of ketones is 1. The van der Waals surface area contributed by atoms with E-state index in [1.807, 2.05) is 0 Å². The average Bonchev–Trinajstić information content (AvgIpc) is 1.65. The number of carbonyl (C=O) groups excluding carboxylic acids is 1. The van der Waals surface area contributed by atoms with E-state index < -0.39 is 0 Å². The Balaban J connectivity index is 3.24. The van der Waals surface area contributed by atoms with Crippen molar-refractivity contribution < 1.29 is 4.79 Å². The van der Waals surface area contributed by atoms with E-state index >= 15 is 0 Å². The highest BCUT2D eigenvalue weighted by molar-refractivity contribution is 5.75. The minimum absolute atomic E-state index is 0.305. The molecule has 1 unspecified atom stereocenters. The zero-order chi connectivity index (χ0) is 6.57. The smallest absolute Gasteiger partial charge is 0.130 e. The Labute approximate surface area is 51.1 Å². The normalized spacial score (nSPS) is 13.4. The highest BCUT2D eigenvalue weighted by Crippen LogP contribution is 2.05. The topological polar surface area (TPSA) is 17.1 Å². The van der Waals surface area contributed by atoms with Gasteiger partial charge in [-0.3, -0.25) is 0 Å². The zero-order valence-electron chi connectivity index (χ0n) is 5.90. The van der Waals surface area contributed by atoms with E-state index in [0.29, 0.717) is 11.7 Å². The summed E-state index contributed by atoms with van der Waals surface area (Å²) in [5, 5.41) is 0. The van der Waals surface area contributed by atoms with E-state index in [4.69, 9.17) is 0 Å². The number of carbonyl (C=O) groups is 1. The maximum atomic E-state index is 10.4. The van der Waals surface area contributed by atoms with Gasteiger partial charge in [-0.25, -0.2) is 0 Å². The lowest BCUT2D eigenvalue weighted by molar-refractivity contribution is -0.117. The van der Waals surface area contributed by atoms with Crippen LogP contribution in [0, 0.1) is 5.92 Å². The van der Waals surface area contributed by atoms with Crippen LogP contribution in [0.2, 0.25) is 0 Å². The van der Waals surface area contributed by atoms with Crippen molar-refractivity contribution in [2.45, 2.75) is 33.6 Å². The van der Waals surface area contributed by atoms with Gasteiger partial charge in [-0.05, 0) is 12.8 Å². The molecule has 0 aliphatic rings. The molecule has 0 aliphatic heterocycles. The molecule has 0 saturated heterocycles. The molecule has 0 amide bonds. The Hall–Kier alpha value is -0.330. The van der Waals surface area contributed by atoms with Gasteiger partial charge in [-0.1, -0.05) is 20.3 Å². The van der Waals surface area contributed by atoms with Crippen molar-refractivity contribution >= 4 is 5.78 Å². The third-order valence-corrected chi connectivity index (χ3v) is 1.33. The second kappa shape index (κ2) is 3.65. The maximum Gasteiger partial charge on any atom is 0.130 e. The van der Waals surface area contributed by atoms with Crippen molar-refractivity contribution in [2.75, 3.05) is 0 Å². The van der Waals surface area contributed by atoms with Crippen molar-refractivity contribution in [2.24, 2.45) is 5.92 Å². The summed E-state index contributed by atoms with van der Waals surface area (Å²) in [5.74, 6) is 0.881. The molecule has 0 spiro atoms. The lowest BCUT2D eigenvalue weighted by atomic mass is 10.0. The van der Waals surface area contributed by atoms with Gasteiger partial charge < -0.3 is 4.79 Å². The first-order valence-electron chi connectivity index (χ1n) is 3.16. The van der Waals surface area contributed by atoms with Gasteiger partial charge in [-0.2, -0.15) is 0 Å². The molecule has 0 heterocycles. The minimum Gasteiger partial charge on any atom is -0.300 e. The van der Waals surface area contributed by atoms with Crippen LogP contribution in [0.15, 0.2) is 0 Å². The molecule has 0 aromatic carbocycles. The van der Waals surface area contributed by atoms with Crippen molar-refractivity contribution in [3.8, 4) is 0 Å². The Morgan fingerprint density at radius 2 is 2.12 bits per heavy atom. The van der Waals surface area contributed by atoms with Gasteiger partial charge in [0.25, 0.3) is 0 Å². The summed E-state index contributed by atoms with van der Waals surface area (Å²) in [6.07, 6.45) is 1.86. The SMILES string of the molecule is CCC(C)CC(C)=O. The lowest BCUT2D eigenvalue weighted by Crippen LogP contribution is -1.98. The van der Waals surface area contributed by atoms with E-state index in [1.165, 1.54) is 0 Å². The van der Waals surface area contributed by atoms with Gasteiger partial charge in [0.2, 0.25) is 0 Å². The fourth-order valence-corrected chi connectivity index (χ4v) is 0.635. The third-order valence-electron chi connectivity index (χ3n) is 1.33. The second-order valence-electron chi connectivity index (χ2n) is 2.42. The zero-order valence-corrected chi connectivity index (χ0v) is 5.90. The molecule has 0 fully saturated rings. The molecule has 0 aliphatic carbocycles. The summed E-state index contributed by atoms with van der Waals surface area (Å²) in [6.45, 7) is 5.85. The molecule has 0 saturated carbocycles. The van der Waals surface area contributed by atoms with Crippen molar-refractivity contribution in [1.82, 2.24) is 0 Å². The molecule has 0 N–H and O–H groups in total. The first-order valence-corrected chi connectivity index (χ1v) is 3.16. The summed E-state index contributed by atoms with van der Waals surface area (Å²) in [6, 6.07) is 0. The first kappa shape index (κ1) is 7.67. The van der Waals surface area contributed by atoms with Crippen LogP contribution in [0.5, 0.6) is 0 Å². The number of hydrogen-bond acceptors (Lipinski definition) is 1. The highest BCUT2D eigenvalue weighted by atomic mass is 16.1. The van der Waals surface area contributed by atoms with E-state index in [0.717, 1.165) is 12.8 Å². The molecule has 1 atom stereocenters. The minimum atomic E-state index is 0.305. The molecule has 0 radical (unpaired) electrons. The van der Waals surface area contributed by atoms with Crippen LogP contribution in [-0.4, -0.2) is 5.78 Å². The Bertz CT molecular complexity index is 76.5. The predicted molar refractivity (Wildman–Crippen MR) is 34.8 cm³/mol. The van der Waals surface area contributed by atoms with Gasteiger partial charge in [-0.15, -0.1) is 0 Å². The summed E-state index contributed by atoms with van der Waals surface area (Å²) in [5.41, 5.74) is 0. The highest BCUT2D eigenvalue weighted by Gasteiger charge is 2.00. The quantitative estimate of drug-likeness (QED) is 0.548. The van der Waals surface area contributed by atoms with Crippen LogP contribution in [0.4, 0.5) is 0 Å². The molecule has 8 heavy (non-hydrogen) atoms. The summed E-state index contributed by atoms with van der Waals surface area (Å²) in [4.78, 5) is 10.4. The fraction of sp³-hybridized carbons (Fsp3) is 0.857. The van der Waals surface area contributed by atoms with E-state index in [9.17, 15) is 4.79 Å². The predicted octanol–water partition coefficient (Wildman–Crippen LogP) is 2.01. The molecular weight excluding hydrogens is 100 g/mol. The Morgan fingerprint density at radius 3 is 2.25 bits per heavy atom. The monoisotopic (exact) mass is 114 g/mol. The standard InChI is InChI=1S/C7H14O/c1-4-6(2)5-7(3)8/h6H,4-5H2,1-3H3. The Kier molecular flexibility index (Phi) is 3.49. The van der Waals surface area contributed by atoms with Crippen LogP contribution >= 0.6 is 0 Å². The van der Waals surface area contributed by atoms with Crippen molar-refractivity contribution in [3.63, 3.8) is 0 Å². The molecule has 0 aromatic rings. The molecule has 48 valence electrons. The molecular formula is C7H14O. The second-order valence-corrected chi connectivity index (χ2v) is 2.42. The van der Waals surface area contributed by atoms with Crippen LogP contribution in [-0.2, 0) is 4.79 Å². The van der Waals surface area contributed by atoms with Crippen LogP contribution in [0.1, 0.15) is 33.6 Å². The summed E-state index contributed by atoms with van der Waals surface area (Å²) in [7, 11) is 0. The molecule has 0 bridgehead atoms. The summed E-state index contributed by atoms with van der Waals surface area (Å²) < 4.78 is 0. The number of rotatable bonds is 3. The van der Waals surface area contributed by atoms with Crippen LogP contribution in [0.3, 0.4) is 0 Å². The molecule has 1 heteroatoms. The fourth-order valence-electron chi connectivity index (χ4n) is 0.635. The summed E-state index contributed by atoms with van der Waals surface area (Å²) >= 11 is 0. The number of hydrogen-bond donors (Lipinski definition) is 0. The first-order chi connectivity index (χ1) is 3.66. The molecule has 0 rings (SSSR count). The van der Waals surface area contributed by atoms with Gasteiger partial charge in [0.05, 0.1) is 0 Å². The van der Waals surface area contributed by atoms with Gasteiger partial charge in [0, 0.05) is 6.42 Å². The maximum absolute atomic E-state index is 10.4.